The number of nitrogens with two attached hydrogens (primary N) is 1. The van der Waals surface area contributed by atoms with Crippen LogP contribution in [0.5, 0.6) is 11.5 Å². The highest BCUT2D eigenvalue weighted by Crippen LogP contribution is 2.21. The van der Waals surface area contributed by atoms with Crippen LogP contribution in [0.25, 0.3) is 0 Å². The van der Waals surface area contributed by atoms with Crippen LogP contribution in [0.2, 0.25) is 0 Å². The molecule has 0 radical (unpaired) electrons. The molecule has 0 aliphatic carbocycles. The number of methoxy groups -OCH3 is 1. The molecule has 2 aromatic carbocycles. The lowest BCUT2D eigenvalue weighted by Gasteiger charge is -2.15. The number of hydrogen-bond donors (Lipinski definition) is 1. The molecule has 1 atom stereocenters. The average Bonchev–Trinajstić information content (AvgIpc) is 2.49. The first-order chi connectivity index (χ1) is 10.2. The van der Waals surface area contributed by atoms with Crippen molar-refractivity contribution >= 4 is 0 Å². The van der Waals surface area contributed by atoms with E-state index in [4.69, 9.17) is 15.2 Å². The molecule has 0 amide bonds. The second-order valence-corrected chi connectivity index (χ2v) is 5.06. The van der Waals surface area contributed by atoms with E-state index < -0.39 is 0 Å². The standard InChI is InChI=1S/C18H23NO2/c1-3-21-18-10-5-4-8-15(18)13-16(19)11-14-7-6-9-17(12-14)20-2/h4-10,12,16H,3,11,13,19H2,1-2H3. The van der Waals surface area contributed by atoms with Crippen molar-refractivity contribution in [2.45, 2.75) is 25.8 Å². The van der Waals surface area contributed by atoms with Crippen LogP contribution in [0.4, 0.5) is 0 Å². The predicted octanol–water partition coefficient (Wildman–Crippen LogP) is 3.21. The third-order valence-corrected chi connectivity index (χ3v) is 3.39. The van der Waals surface area contributed by atoms with Crippen LogP contribution in [-0.2, 0) is 12.8 Å². The van der Waals surface area contributed by atoms with Gasteiger partial charge in [0, 0.05) is 6.04 Å². The quantitative estimate of drug-likeness (QED) is 0.849. The van der Waals surface area contributed by atoms with E-state index in [0.717, 1.165) is 29.9 Å². The highest BCUT2D eigenvalue weighted by Gasteiger charge is 2.10. The largest absolute Gasteiger partial charge is 0.497 e. The minimum atomic E-state index is 0.0544. The SMILES string of the molecule is CCOc1ccccc1CC(N)Cc1cccc(OC)c1. The molecule has 112 valence electrons. The molecule has 0 aliphatic heterocycles. The van der Waals surface area contributed by atoms with Gasteiger partial charge in [0.05, 0.1) is 13.7 Å². The minimum Gasteiger partial charge on any atom is -0.497 e. The van der Waals surface area contributed by atoms with E-state index >= 15 is 0 Å². The van der Waals surface area contributed by atoms with Crippen molar-refractivity contribution in [2.75, 3.05) is 13.7 Å². The lowest BCUT2D eigenvalue weighted by molar-refractivity contribution is 0.335. The van der Waals surface area contributed by atoms with Crippen LogP contribution in [0.15, 0.2) is 48.5 Å². The maximum Gasteiger partial charge on any atom is 0.122 e. The molecule has 21 heavy (non-hydrogen) atoms. The van der Waals surface area contributed by atoms with Gasteiger partial charge in [-0.2, -0.15) is 0 Å². The van der Waals surface area contributed by atoms with Crippen LogP contribution in [0, 0.1) is 0 Å². The van der Waals surface area contributed by atoms with Gasteiger partial charge in [0.2, 0.25) is 0 Å². The Bertz CT molecular complexity index is 569. The van der Waals surface area contributed by atoms with E-state index in [9.17, 15) is 0 Å². The van der Waals surface area contributed by atoms with E-state index in [1.165, 1.54) is 5.56 Å². The number of para-hydroxylation sites is 1. The lowest BCUT2D eigenvalue weighted by Crippen LogP contribution is -2.25. The molecule has 0 aromatic heterocycles. The Labute approximate surface area is 126 Å². The van der Waals surface area contributed by atoms with Gasteiger partial charge in [0.1, 0.15) is 11.5 Å². The molecule has 0 bridgehead atoms. The summed E-state index contributed by atoms with van der Waals surface area (Å²) >= 11 is 0. The van der Waals surface area contributed by atoms with Gasteiger partial charge in [-0.15, -0.1) is 0 Å². The van der Waals surface area contributed by atoms with Crippen molar-refractivity contribution in [2.24, 2.45) is 5.73 Å². The lowest BCUT2D eigenvalue weighted by atomic mass is 9.99. The molecular formula is C18H23NO2. The number of hydrogen-bond acceptors (Lipinski definition) is 3. The summed E-state index contributed by atoms with van der Waals surface area (Å²) in [6.45, 7) is 2.66. The van der Waals surface area contributed by atoms with Crippen molar-refractivity contribution < 1.29 is 9.47 Å². The zero-order valence-corrected chi connectivity index (χ0v) is 12.7. The monoisotopic (exact) mass is 285 g/mol. The van der Waals surface area contributed by atoms with Crippen LogP contribution < -0.4 is 15.2 Å². The Morgan fingerprint density at radius 2 is 1.86 bits per heavy atom. The van der Waals surface area contributed by atoms with Gasteiger partial charge < -0.3 is 15.2 Å². The van der Waals surface area contributed by atoms with Gasteiger partial charge in [-0.05, 0) is 49.1 Å². The molecular weight excluding hydrogens is 262 g/mol. The molecule has 2 rings (SSSR count). The topological polar surface area (TPSA) is 44.5 Å². The summed E-state index contributed by atoms with van der Waals surface area (Å²) in [7, 11) is 1.68. The first-order valence-electron chi connectivity index (χ1n) is 7.32. The summed E-state index contributed by atoms with van der Waals surface area (Å²) in [5, 5.41) is 0. The molecule has 2 N–H and O–H groups in total. The summed E-state index contributed by atoms with van der Waals surface area (Å²) in [5.41, 5.74) is 8.65. The van der Waals surface area contributed by atoms with E-state index in [0.29, 0.717) is 6.61 Å². The van der Waals surface area contributed by atoms with Gasteiger partial charge in [0.15, 0.2) is 0 Å². The smallest absolute Gasteiger partial charge is 0.122 e. The van der Waals surface area contributed by atoms with E-state index in [1.54, 1.807) is 7.11 Å². The van der Waals surface area contributed by atoms with E-state index in [-0.39, 0.29) is 6.04 Å². The molecule has 1 unspecified atom stereocenters. The van der Waals surface area contributed by atoms with Gasteiger partial charge in [-0.25, -0.2) is 0 Å². The maximum absolute atomic E-state index is 6.30. The summed E-state index contributed by atoms with van der Waals surface area (Å²) in [5.74, 6) is 1.80. The fourth-order valence-electron chi connectivity index (χ4n) is 2.43. The van der Waals surface area contributed by atoms with Crippen LogP contribution >= 0.6 is 0 Å². The summed E-state index contributed by atoms with van der Waals surface area (Å²) in [6, 6.07) is 16.2. The number of benzene rings is 2. The summed E-state index contributed by atoms with van der Waals surface area (Å²) in [4.78, 5) is 0. The molecule has 3 heteroatoms. The highest BCUT2D eigenvalue weighted by atomic mass is 16.5. The first-order valence-corrected chi connectivity index (χ1v) is 7.32. The Morgan fingerprint density at radius 1 is 1.05 bits per heavy atom. The zero-order valence-electron chi connectivity index (χ0n) is 12.7. The van der Waals surface area contributed by atoms with Gasteiger partial charge >= 0.3 is 0 Å². The molecule has 0 spiro atoms. The third kappa shape index (κ3) is 4.50. The van der Waals surface area contributed by atoms with Gasteiger partial charge in [0.25, 0.3) is 0 Å². The zero-order chi connectivity index (χ0) is 15.1. The van der Waals surface area contributed by atoms with Crippen molar-refractivity contribution in [1.82, 2.24) is 0 Å². The van der Waals surface area contributed by atoms with Gasteiger partial charge in [-0.3, -0.25) is 0 Å². The first kappa shape index (κ1) is 15.4. The van der Waals surface area contributed by atoms with E-state index in [1.807, 2.05) is 43.3 Å². The molecule has 3 nitrogen and oxygen atoms in total. The van der Waals surface area contributed by atoms with Crippen molar-refractivity contribution in [3.05, 3.63) is 59.7 Å². The predicted molar refractivity (Wildman–Crippen MR) is 86.0 cm³/mol. The number of rotatable bonds is 7. The fraction of sp³-hybridized carbons (Fsp3) is 0.333. The third-order valence-electron chi connectivity index (χ3n) is 3.39. The fourth-order valence-corrected chi connectivity index (χ4v) is 2.43. The molecule has 0 saturated carbocycles. The Kier molecular flexibility index (Phi) is 5.64. The van der Waals surface area contributed by atoms with E-state index in [2.05, 4.69) is 12.1 Å². The molecule has 0 heterocycles. The highest BCUT2D eigenvalue weighted by molar-refractivity contribution is 5.34. The summed E-state index contributed by atoms with van der Waals surface area (Å²) in [6.07, 6.45) is 1.62. The normalized spacial score (nSPS) is 12.0. The van der Waals surface area contributed by atoms with Crippen molar-refractivity contribution in [1.29, 1.82) is 0 Å². The van der Waals surface area contributed by atoms with Crippen molar-refractivity contribution in [3.63, 3.8) is 0 Å². The Hall–Kier alpha value is -2.00. The van der Waals surface area contributed by atoms with Crippen molar-refractivity contribution in [3.8, 4) is 11.5 Å². The Morgan fingerprint density at radius 3 is 2.62 bits per heavy atom. The van der Waals surface area contributed by atoms with Gasteiger partial charge in [-0.1, -0.05) is 30.3 Å². The van der Waals surface area contributed by atoms with Crippen LogP contribution in [0.1, 0.15) is 18.1 Å². The average molecular weight is 285 g/mol. The summed E-state index contributed by atoms with van der Waals surface area (Å²) < 4.78 is 10.9. The second kappa shape index (κ2) is 7.70. The molecule has 2 aromatic rings. The Balaban J connectivity index is 2.02. The number of ether oxygens (including phenoxy) is 2. The minimum absolute atomic E-state index is 0.0544. The molecule has 0 fully saturated rings. The molecule has 0 aliphatic rings. The maximum atomic E-state index is 6.30. The second-order valence-electron chi connectivity index (χ2n) is 5.06. The molecule has 0 saturated heterocycles. The van der Waals surface area contributed by atoms with Crippen LogP contribution in [-0.4, -0.2) is 19.8 Å². The van der Waals surface area contributed by atoms with Crippen LogP contribution in [0.3, 0.4) is 0 Å².